The SMILES string of the molecule is C=CCNCC(=O)N1CCC[C@H](O)C1. The molecule has 1 heterocycles. The zero-order valence-electron chi connectivity index (χ0n) is 8.41. The lowest BCUT2D eigenvalue weighted by atomic mass is 10.1. The third kappa shape index (κ3) is 3.47. The second-order valence-electron chi connectivity index (χ2n) is 3.56. The summed E-state index contributed by atoms with van der Waals surface area (Å²) in [6.07, 6.45) is 3.09. The Kier molecular flexibility index (Phi) is 4.62. The third-order valence-electron chi connectivity index (χ3n) is 2.31. The van der Waals surface area contributed by atoms with E-state index in [-0.39, 0.29) is 12.0 Å². The van der Waals surface area contributed by atoms with Crippen LogP contribution in [0.2, 0.25) is 0 Å². The van der Waals surface area contributed by atoms with Gasteiger partial charge in [0.2, 0.25) is 5.91 Å². The van der Waals surface area contributed by atoms with Crippen LogP contribution in [0.5, 0.6) is 0 Å². The fourth-order valence-electron chi connectivity index (χ4n) is 1.57. The van der Waals surface area contributed by atoms with Crippen LogP contribution >= 0.6 is 0 Å². The van der Waals surface area contributed by atoms with Crippen molar-refractivity contribution in [2.75, 3.05) is 26.2 Å². The normalized spacial score (nSPS) is 22.1. The molecule has 0 aromatic rings. The fourth-order valence-corrected chi connectivity index (χ4v) is 1.57. The van der Waals surface area contributed by atoms with Gasteiger partial charge < -0.3 is 15.3 Å². The number of hydrogen-bond acceptors (Lipinski definition) is 3. The molecule has 1 atom stereocenters. The van der Waals surface area contributed by atoms with Crippen LogP contribution in [0, 0.1) is 0 Å². The standard InChI is InChI=1S/C10H18N2O2/c1-2-5-11-7-10(14)12-6-3-4-9(13)8-12/h2,9,11,13H,1,3-8H2/t9-/m0/s1. The number of amides is 1. The third-order valence-corrected chi connectivity index (χ3v) is 2.31. The molecule has 0 saturated carbocycles. The van der Waals surface area contributed by atoms with Crippen molar-refractivity contribution in [3.8, 4) is 0 Å². The Labute approximate surface area is 84.6 Å². The van der Waals surface area contributed by atoms with E-state index in [9.17, 15) is 9.90 Å². The summed E-state index contributed by atoms with van der Waals surface area (Å²) in [5.74, 6) is 0.0607. The molecule has 4 heteroatoms. The summed E-state index contributed by atoms with van der Waals surface area (Å²) in [6, 6.07) is 0. The Morgan fingerprint density at radius 1 is 1.71 bits per heavy atom. The topological polar surface area (TPSA) is 52.6 Å². The molecule has 0 unspecified atom stereocenters. The molecule has 1 aliphatic heterocycles. The van der Waals surface area contributed by atoms with Crippen LogP contribution < -0.4 is 5.32 Å². The molecule has 0 bridgehead atoms. The van der Waals surface area contributed by atoms with Gasteiger partial charge in [0.1, 0.15) is 0 Å². The minimum absolute atomic E-state index is 0.0607. The van der Waals surface area contributed by atoms with E-state index < -0.39 is 0 Å². The van der Waals surface area contributed by atoms with Crippen LogP contribution in [0.1, 0.15) is 12.8 Å². The predicted octanol–water partition coefficient (Wildman–Crippen LogP) is -0.255. The van der Waals surface area contributed by atoms with Gasteiger partial charge in [-0.1, -0.05) is 6.08 Å². The Balaban J connectivity index is 2.25. The van der Waals surface area contributed by atoms with Crippen LogP contribution in [-0.2, 0) is 4.79 Å². The minimum atomic E-state index is -0.341. The number of hydrogen-bond donors (Lipinski definition) is 2. The Bertz CT molecular complexity index is 206. The molecule has 1 fully saturated rings. The molecule has 0 aliphatic carbocycles. The number of piperidine rings is 1. The van der Waals surface area contributed by atoms with Crippen molar-refractivity contribution in [3.05, 3.63) is 12.7 Å². The first-order chi connectivity index (χ1) is 6.74. The highest BCUT2D eigenvalue weighted by molar-refractivity contribution is 5.78. The monoisotopic (exact) mass is 198 g/mol. The molecule has 1 rings (SSSR count). The van der Waals surface area contributed by atoms with Gasteiger partial charge >= 0.3 is 0 Å². The molecule has 14 heavy (non-hydrogen) atoms. The molecular weight excluding hydrogens is 180 g/mol. The number of carbonyl (C=O) groups excluding carboxylic acids is 1. The van der Waals surface area contributed by atoms with Crippen LogP contribution in [0.4, 0.5) is 0 Å². The van der Waals surface area contributed by atoms with E-state index in [1.54, 1.807) is 11.0 Å². The average Bonchev–Trinajstić information content (AvgIpc) is 2.18. The number of β-amino-alcohol motifs (C(OH)–C–C–N with tert-alkyl or cyclic N) is 1. The zero-order valence-corrected chi connectivity index (χ0v) is 8.41. The molecule has 1 amide bonds. The molecule has 80 valence electrons. The van der Waals surface area contributed by atoms with Gasteiger partial charge in [0, 0.05) is 19.6 Å². The van der Waals surface area contributed by atoms with E-state index >= 15 is 0 Å². The summed E-state index contributed by atoms with van der Waals surface area (Å²) in [5.41, 5.74) is 0. The van der Waals surface area contributed by atoms with E-state index in [0.717, 1.165) is 19.4 Å². The molecule has 1 saturated heterocycles. The molecule has 0 aromatic heterocycles. The Morgan fingerprint density at radius 3 is 3.14 bits per heavy atom. The van der Waals surface area contributed by atoms with Crippen molar-refractivity contribution in [2.45, 2.75) is 18.9 Å². The molecule has 0 spiro atoms. The number of carbonyl (C=O) groups is 1. The maximum atomic E-state index is 11.5. The van der Waals surface area contributed by atoms with Gasteiger partial charge in [0.25, 0.3) is 0 Å². The van der Waals surface area contributed by atoms with Crippen molar-refractivity contribution < 1.29 is 9.90 Å². The summed E-state index contributed by atoms with van der Waals surface area (Å²) >= 11 is 0. The quantitative estimate of drug-likeness (QED) is 0.483. The van der Waals surface area contributed by atoms with Gasteiger partial charge in [-0.2, -0.15) is 0 Å². The molecule has 4 nitrogen and oxygen atoms in total. The average molecular weight is 198 g/mol. The van der Waals surface area contributed by atoms with E-state index in [1.807, 2.05) is 0 Å². The molecule has 1 aliphatic rings. The second-order valence-corrected chi connectivity index (χ2v) is 3.56. The highest BCUT2D eigenvalue weighted by Crippen LogP contribution is 2.09. The fraction of sp³-hybridized carbons (Fsp3) is 0.700. The lowest BCUT2D eigenvalue weighted by molar-refractivity contribution is -0.133. The van der Waals surface area contributed by atoms with Gasteiger partial charge in [-0.05, 0) is 12.8 Å². The smallest absolute Gasteiger partial charge is 0.236 e. The summed E-state index contributed by atoms with van der Waals surface area (Å²) in [5, 5.41) is 12.3. The first-order valence-corrected chi connectivity index (χ1v) is 5.01. The number of nitrogens with one attached hydrogen (secondary N) is 1. The number of likely N-dealkylation sites (tertiary alicyclic amines) is 1. The van der Waals surface area contributed by atoms with Gasteiger partial charge in [0.05, 0.1) is 12.6 Å². The van der Waals surface area contributed by atoms with E-state index in [4.69, 9.17) is 0 Å². The van der Waals surface area contributed by atoms with Crippen molar-refractivity contribution in [3.63, 3.8) is 0 Å². The highest BCUT2D eigenvalue weighted by atomic mass is 16.3. The first kappa shape index (κ1) is 11.2. The van der Waals surface area contributed by atoms with Crippen molar-refractivity contribution in [1.82, 2.24) is 10.2 Å². The Morgan fingerprint density at radius 2 is 2.50 bits per heavy atom. The van der Waals surface area contributed by atoms with Crippen LogP contribution in [0.15, 0.2) is 12.7 Å². The van der Waals surface area contributed by atoms with Crippen molar-refractivity contribution in [1.29, 1.82) is 0 Å². The molecule has 2 N–H and O–H groups in total. The lowest BCUT2D eigenvalue weighted by Gasteiger charge is -2.30. The number of aliphatic hydroxyl groups excluding tert-OH is 1. The minimum Gasteiger partial charge on any atom is -0.391 e. The number of nitrogens with zero attached hydrogens (tertiary/aromatic N) is 1. The maximum Gasteiger partial charge on any atom is 0.236 e. The Hall–Kier alpha value is -0.870. The highest BCUT2D eigenvalue weighted by Gasteiger charge is 2.21. The van der Waals surface area contributed by atoms with E-state index in [2.05, 4.69) is 11.9 Å². The zero-order chi connectivity index (χ0) is 10.4. The maximum absolute atomic E-state index is 11.5. The number of rotatable bonds is 4. The molecule has 0 aromatic carbocycles. The number of aliphatic hydroxyl groups is 1. The van der Waals surface area contributed by atoms with E-state index in [1.165, 1.54) is 0 Å². The summed E-state index contributed by atoms with van der Waals surface area (Å²) in [4.78, 5) is 13.2. The van der Waals surface area contributed by atoms with Crippen molar-refractivity contribution in [2.24, 2.45) is 0 Å². The summed E-state index contributed by atoms with van der Waals surface area (Å²) in [6.45, 7) is 5.78. The van der Waals surface area contributed by atoms with Gasteiger partial charge in [-0.15, -0.1) is 6.58 Å². The lowest BCUT2D eigenvalue weighted by Crippen LogP contribution is -2.45. The largest absolute Gasteiger partial charge is 0.391 e. The second kappa shape index (κ2) is 5.78. The molecule has 0 radical (unpaired) electrons. The first-order valence-electron chi connectivity index (χ1n) is 5.01. The summed E-state index contributed by atoms with van der Waals surface area (Å²) in [7, 11) is 0. The van der Waals surface area contributed by atoms with Gasteiger partial charge in [-0.3, -0.25) is 4.79 Å². The van der Waals surface area contributed by atoms with Gasteiger partial charge in [-0.25, -0.2) is 0 Å². The van der Waals surface area contributed by atoms with Crippen molar-refractivity contribution >= 4 is 5.91 Å². The van der Waals surface area contributed by atoms with Crippen LogP contribution in [-0.4, -0.2) is 48.2 Å². The van der Waals surface area contributed by atoms with Crippen LogP contribution in [0.3, 0.4) is 0 Å². The predicted molar refractivity (Wildman–Crippen MR) is 54.9 cm³/mol. The van der Waals surface area contributed by atoms with E-state index in [0.29, 0.717) is 19.6 Å². The summed E-state index contributed by atoms with van der Waals surface area (Å²) < 4.78 is 0. The molecular formula is C10H18N2O2. The van der Waals surface area contributed by atoms with Gasteiger partial charge in [0.15, 0.2) is 0 Å². The van der Waals surface area contributed by atoms with Crippen LogP contribution in [0.25, 0.3) is 0 Å².